The van der Waals surface area contributed by atoms with E-state index < -0.39 is 5.97 Å². The molecule has 6 nitrogen and oxygen atoms in total. The second kappa shape index (κ2) is 6.31. The molecule has 0 saturated carbocycles. The molecule has 1 aromatic carbocycles. The second-order valence-electron chi connectivity index (χ2n) is 5.42. The van der Waals surface area contributed by atoms with E-state index in [9.17, 15) is 9.59 Å². The van der Waals surface area contributed by atoms with Crippen LogP contribution in [0.5, 0.6) is 0 Å². The Morgan fingerprint density at radius 3 is 2.54 bits per heavy atom. The highest BCUT2D eigenvalue weighted by Gasteiger charge is 2.23. The van der Waals surface area contributed by atoms with Crippen LogP contribution in [-0.2, 0) is 4.74 Å². The number of esters is 1. The summed E-state index contributed by atoms with van der Waals surface area (Å²) in [6, 6.07) is 9.37. The first-order chi connectivity index (χ1) is 11.6. The second-order valence-corrected chi connectivity index (χ2v) is 5.42. The standard InChI is InChI=1S/C18H19N3O3/c1-4-21(5-2)17(22)16-15-12(10-14(20-16)18(23)24-3)11-8-6-7-9-13(11)19-15/h6-10,19H,4-5H2,1-3H3. The van der Waals surface area contributed by atoms with Crippen LogP contribution in [-0.4, -0.2) is 46.9 Å². The number of methoxy groups -OCH3 is 1. The molecule has 0 aliphatic carbocycles. The van der Waals surface area contributed by atoms with Crippen LogP contribution in [0.2, 0.25) is 0 Å². The number of benzene rings is 1. The van der Waals surface area contributed by atoms with Gasteiger partial charge in [0.2, 0.25) is 0 Å². The van der Waals surface area contributed by atoms with E-state index in [0.717, 1.165) is 16.3 Å². The predicted octanol–water partition coefficient (Wildman–Crippen LogP) is 2.98. The van der Waals surface area contributed by atoms with Crippen LogP contribution in [0.4, 0.5) is 0 Å². The summed E-state index contributed by atoms with van der Waals surface area (Å²) in [5.41, 5.74) is 1.91. The number of carbonyl (C=O) groups excluding carboxylic acids is 2. The molecule has 24 heavy (non-hydrogen) atoms. The number of aromatic amines is 1. The summed E-state index contributed by atoms with van der Waals surface area (Å²) in [5.74, 6) is -0.766. The fourth-order valence-electron chi connectivity index (χ4n) is 2.87. The fourth-order valence-corrected chi connectivity index (χ4v) is 2.87. The van der Waals surface area contributed by atoms with Gasteiger partial charge in [-0.05, 0) is 26.0 Å². The predicted molar refractivity (Wildman–Crippen MR) is 92.2 cm³/mol. The Bertz CT molecular complexity index is 926. The number of pyridine rings is 1. The summed E-state index contributed by atoms with van der Waals surface area (Å²) >= 11 is 0. The highest BCUT2D eigenvalue weighted by molar-refractivity contribution is 6.15. The van der Waals surface area contributed by atoms with Crippen molar-refractivity contribution in [3.05, 3.63) is 41.7 Å². The Balaban J connectivity index is 2.33. The molecule has 0 radical (unpaired) electrons. The highest BCUT2D eigenvalue weighted by Crippen LogP contribution is 2.28. The summed E-state index contributed by atoms with van der Waals surface area (Å²) in [6.45, 7) is 4.96. The first kappa shape index (κ1) is 16.0. The molecule has 2 aromatic heterocycles. The average Bonchev–Trinajstić information content (AvgIpc) is 2.99. The lowest BCUT2D eigenvalue weighted by Gasteiger charge is -2.18. The zero-order chi connectivity index (χ0) is 17.3. The van der Waals surface area contributed by atoms with Crippen LogP contribution < -0.4 is 0 Å². The Labute approximate surface area is 139 Å². The van der Waals surface area contributed by atoms with E-state index in [4.69, 9.17) is 4.74 Å². The van der Waals surface area contributed by atoms with Gasteiger partial charge >= 0.3 is 5.97 Å². The average molecular weight is 325 g/mol. The first-order valence-corrected chi connectivity index (χ1v) is 7.89. The molecule has 0 aliphatic heterocycles. The number of amides is 1. The molecule has 0 fully saturated rings. The largest absolute Gasteiger partial charge is 0.464 e. The molecule has 6 heteroatoms. The van der Waals surface area contributed by atoms with Gasteiger partial charge in [0.15, 0.2) is 5.69 Å². The number of H-pyrrole nitrogens is 1. The molecular formula is C18H19N3O3. The van der Waals surface area contributed by atoms with Gasteiger partial charge < -0.3 is 14.6 Å². The first-order valence-electron chi connectivity index (χ1n) is 7.89. The van der Waals surface area contributed by atoms with Crippen molar-refractivity contribution in [1.82, 2.24) is 14.9 Å². The number of fused-ring (bicyclic) bond motifs is 3. The zero-order valence-electron chi connectivity index (χ0n) is 13.9. The normalized spacial score (nSPS) is 11.0. The SMILES string of the molecule is CCN(CC)C(=O)c1nc(C(=O)OC)cc2c1[nH]c1ccccc12. The van der Waals surface area contributed by atoms with Crippen LogP contribution in [0.25, 0.3) is 21.8 Å². The number of nitrogens with one attached hydrogen (secondary N) is 1. The van der Waals surface area contributed by atoms with E-state index >= 15 is 0 Å². The third kappa shape index (κ3) is 2.50. The Morgan fingerprint density at radius 2 is 1.88 bits per heavy atom. The lowest BCUT2D eigenvalue weighted by atomic mass is 10.1. The van der Waals surface area contributed by atoms with Gasteiger partial charge in [-0.2, -0.15) is 0 Å². The number of aromatic nitrogens is 2. The van der Waals surface area contributed by atoms with E-state index in [1.165, 1.54) is 7.11 Å². The molecule has 0 unspecified atom stereocenters. The lowest BCUT2D eigenvalue weighted by Crippen LogP contribution is -2.31. The van der Waals surface area contributed by atoms with Crippen LogP contribution in [0.1, 0.15) is 34.8 Å². The fraction of sp³-hybridized carbons (Fsp3) is 0.278. The van der Waals surface area contributed by atoms with Gasteiger partial charge in [-0.25, -0.2) is 9.78 Å². The number of para-hydroxylation sites is 1. The van der Waals surface area contributed by atoms with Crippen molar-refractivity contribution in [3.63, 3.8) is 0 Å². The summed E-state index contributed by atoms with van der Waals surface area (Å²) in [5, 5.41) is 1.73. The summed E-state index contributed by atoms with van der Waals surface area (Å²) in [6.07, 6.45) is 0. The maximum atomic E-state index is 12.9. The number of carbonyl (C=O) groups is 2. The maximum absolute atomic E-state index is 12.9. The zero-order valence-corrected chi connectivity index (χ0v) is 13.9. The van der Waals surface area contributed by atoms with E-state index in [1.54, 1.807) is 11.0 Å². The Morgan fingerprint density at radius 1 is 1.17 bits per heavy atom. The van der Waals surface area contributed by atoms with E-state index in [1.807, 2.05) is 38.1 Å². The van der Waals surface area contributed by atoms with Crippen molar-refractivity contribution in [1.29, 1.82) is 0 Å². The van der Waals surface area contributed by atoms with Gasteiger partial charge in [0.25, 0.3) is 5.91 Å². The molecule has 2 heterocycles. The molecule has 0 bridgehead atoms. The van der Waals surface area contributed by atoms with Gasteiger partial charge in [0, 0.05) is 29.4 Å². The molecular weight excluding hydrogens is 306 g/mol. The third-order valence-corrected chi connectivity index (χ3v) is 4.14. The van der Waals surface area contributed by atoms with Gasteiger partial charge in [-0.15, -0.1) is 0 Å². The molecule has 3 aromatic rings. The molecule has 3 rings (SSSR count). The van der Waals surface area contributed by atoms with Crippen molar-refractivity contribution < 1.29 is 14.3 Å². The van der Waals surface area contributed by atoms with Gasteiger partial charge in [-0.1, -0.05) is 18.2 Å². The van der Waals surface area contributed by atoms with Crippen LogP contribution in [0.15, 0.2) is 30.3 Å². The van der Waals surface area contributed by atoms with Gasteiger partial charge in [-0.3, -0.25) is 4.79 Å². The van der Waals surface area contributed by atoms with E-state index in [2.05, 4.69) is 9.97 Å². The van der Waals surface area contributed by atoms with Crippen LogP contribution in [0, 0.1) is 0 Å². The maximum Gasteiger partial charge on any atom is 0.356 e. The van der Waals surface area contributed by atoms with Crippen molar-refractivity contribution in [2.45, 2.75) is 13.8 Å². The number of hydrogen-bond donors (Lipinski definition) is 1. The summed E-state index contributed by atoms with van der Waals surface area (Å²) in [7, 11) is 1.30. The number of rotatable bonds is 4. The minimum atomic E-state index is -0.559. The summed E-state index contributed by atoms with van der Waals surface area (Å²) < 4.78 is 4.79. The van der Waals surface area contributed by atoms with Crippen molar-refractivity contribution in [2.75, 3.05) is 20.2 Å². The highest BCUT2D eigenvalue weighted by atomic mass is 16.5. The third-order valence-electron chi connectivity index (χ3n) is 4.14. The number of hydrogen-bond acceptors (Lipinski definition) is 4. The molecule has 0 aliphatic rings. The van der Waals surface area contributed by atoms with Crippen LogP contribution >= 0.6 is 0 Å². The molecule has 0 spiro atoms. The molecule has 1 amide bonds. The Hall–Kier alpha value is -2.89. The lowest BCUT2D eigenvalue weighted by molar-refractivity contribution is 0.0594. The number of nitrogens with zero attached hydrogens (tertiary/aromatic N) is 2. The van der Waals surface area contributed by atoms with Gasteiger partial charge in [0.1, 0.15) is 5.69 Å². The van der Waals surface area contributed by atoms with Crippen molar-refractivity contribution in [2.24, 2.45) is 0 Å². The Kier molecular flexibility index (Phi) is 4.20. The van der Waals surface area contributed by atoms with E-state index in [-0.39, 0.29) is 17.3 Å². The van der Waals surface area contributed by atoms with E-state index in [0.29, 0.717) is 18.6 Å². The smallest absolute Gasteiger partial charge is 0.356 e. The molecule has 124 valence electrons. The molecule has 0 saturated heterocycles. The van der Waals surface area contributed by atoms with Crippen molar-refractivity contribution in [3.8, 4) is 0 Å². The van der Waals surface area contributed by atoms with Gasteiger partial charge in [0.05, 0.1) is 12.6 Å². The quantitative estimate of drug-likeness (QED) is 0.748. The van der Waals surface area contributed by atoms with Crippen molar-refractivity contribution >= 4 is 33.7 Å². The minimum Gasteiger partial charge on any atom is -0.464 e. The summed E-state index contributed by atoms with van der Waals surface area (Å²) in [4.78, 5) is 34.0. The van der Waals surface area contributed by atoms with Crippen LogP contribution in [0.3, 0.4) is 0 Å². The molecule has 1 N–H and O–H groups in total. The minimum absolute atomic E-state index is 0.130. The topological polar surface area (TPSA) is 75.3 Å². The number of ether oxygens (including phenoxy) is 1. The molecule has 0 atom stereocenters. The monoisotopic (exact) mass is 325 g/mol.